The Labute approximate surface area is 144 Å². The van der Waals surface area contributed by atoms with E-state index >= 15 is 0 Å². The zero-order valence-corrected chi connectivity index (χ0v) is 14.7. The van der Waals surface area contributed by atoms with Crippen LogP contribution in [0.4, 0.5) is 0 Å². The molecule has 0 saturated heterocycles. The van der Waals surface area contributed by atoms with E-state index in [9.17, 15) is 19.2 Å². The van der Waals surface area contributed by atoms with E-state index in [1.54, 1.807) is 6.92 Å². The molecule has 2 unspecified atom stereocenters. The number of pyridine rings is 2. The first-order chi connectivity index (χ1) is 11.8. The van der Waals surface area contributed by atoms with Gasteiger partial charge in [-0.25, -0.2) is 0 Å². The molecule has 0 amide bonds. The standard InChI is InChI=1S/C19H20N2O4/c1-5-9(2)11(4)21-14(23)7-6-12-17(21)19(25)16-15(18(12)24)10(3)8-13(22)20-16/h6-9,11H,5H2,1-4H3,(H,20,22). The molecule has 6 nitrogen and oxygen atoms in total. The predicted octanol–water partition coefficient (Wildman–Crippen LogP) is 2.23. The smallest absolute Gasteiger partial charge is 0.251 e. The molecule has 6 heteroatoms. The summed E-state index contributed by atoms with van der Waals surface area (Å²) in [6, 6.07) is 3.79. The van der Waals surface area contributed by atoms with Gasteiger partial charge in [-0.2, -0.15) is 0 Å². The Morgan fingerprint density at radius 1 is 1.08 bits per heavy atom. The molecule has 25 heavy (non-hydrogen) atoms. The first kappa shape index (κ1) is 17.1. The number of ketones is 2. The highest BCUT2D eigenvalue weighted by Gasteiger charge is 2.35. The maximum absolute atomic E-state index is 13.1. The van der Waals surface area contributed by atoms with E-state index in [0.29, 0.717) is 5.56 Å². The number of aromatic nitrogens is 2. The molecule has 2 heterocycles. The molecule has 2 aromatic rings. The van der Waals surface area contributed by atoms with Crippen LogP contribution in [0.1, 0.15) is 70.9 Å². The number of aryl methyl sites for hydroxylation is 1. The molecule has 1 N–H and O–H groups in total. The minimum absolute atomic E-state index is 0.0294. The molecular weight excluding hydrogens is 320 g/mol. The van der Waals surface area contributed by atoms with E-state index in [1.807, 2.05) is 20.8 Å². The highest BCUT2D eigenvalue weighted by molar-refractivity contribution is 6.27. The minimum atomic E-state index is -0.488. The maximum atomic E-state index is 13.1. The summed E-state index contributed by atoms with van der Waals surface area (Å²) in [6.07, 6.45) is 0.825. The molecule has 0 bridgehead atoms. The molecule has 0 fully saturated rings. The fraction of sp³-hybridized carbons (Fsp3) is 0.368. The second kappa shape index (κ2) is 5.95. The second-order valence-corrected chi connectivity index (χ2v) is 6.65. The lowest BCUT2D eigenvalue weighted by Gasteiger charge is -2.27. The Kier molecular flexibility index (Phi) is 4.06. The Hall–Kier alpha value is -2.76. The maximum Gasteiger partial charge on any atom is 0.251 e. The van der Waals surface area contributed by atoms with Crippen LogP contribution in [-0.2, 0) is 0 Å². The van der Waals surface area contributed by atoms with Crippen molar-refractivity contribution in [2.24, 2.45) is 5.92 Å². The Balaban J connectivity index is 2.35. The summed E-state index contributed by atoms with van der Waals surface area (Å²) in [5.74, 6) is -0.688. The molecule has 3 rings (SSSR count). The zero-order chi connectivity index (χ0) is 18.5. The fourth-order valence-corrected chi connectivity index (χ4v) is 3.37. The van der Waals surface area contributed by atoms with E-state index < -0.39 is 11.3 Å². The summed E-state index contributed by atoms with van der Waals surface area (Å²) in [5.41, 5.74) is 0.139. The molecule has 130 valence electrons. The van der Waals surface area contributed by atoms with Gasteiger partial charge in [0.1, 0.15) is 11.4 Å². The second-order valence-electron chi connectivity index (χ2n) is 6.65. The summed E-state index contributed by atoms with van der Waals surface area (Å²) < 4.78 is 1.40. The number of hydrogen-bond acceptors (Lipinski definition) is 4. The third-order valence-corrected chi connectivity index (χ3v) is 5.15. The van der Waals surface area contributed by atoms with Gasteiger partial charge < -0.3 is 9.55 Å². The average molecular weight is 340 g/mol. The highest BCUT2D eigenvalue weighted by atomic mass is 16.2. The van der Waals surface area contributed by atoms with Gasteiger partial charge in [-0.1, -0.05) is 20.3 Å². The van der Waals surface area contributed by atoms with Gasteiger partial charge in [0.05, 0.1) is 11.1 Å². The SMILES string of the molecule is CCC(C)C(C)n1c2c(ccc1=O)C(=O)c1c(C)cc(=O)[nH]c1C2=O. The van der Waals surface area contributed by atoms with Crippen molar-refractivity contribution in [3.63, 3.8) is 0 Å². The summed E-state index contributed by atoms with van der Waals surface area (Å²) in [4.78, 5) is 52.7. The number of fused-ring (bicyclic) bond motifs is 2. The first-order valence-electron chi connectivity index (χ1n) is 8.36. The van der Waals surface area contributed by atoms with Gasteiger partial charge in [-0.15, -0.1) is 0 Å². The van der Waals surface area contributed by atoms with Crippen molar-refractivity contribution in [3.05, 3.63) is 67.0 Å². The Morgan fingerprint density at radius 3 is 2.40 bits per heavy atom. The van der Waals surface area contributed by atoms with Gasteiger partial charge in [0.25, 0.3) is 5.56 Å². The zero-order valence-electron chi connectivity index (χ0n) is 14.7. The number of nitrogens with one attached hydrogen (secondary N) is 1. The number of rotatable bonds is 3. The third-order valence-electron chi connectivity index (χ3n) is 5.15. The average Bonchev–Trinajstić information content (AvgIpc) is 2.57. The Bertz CT molecular complexity index is 1010. The number of H-pyrrole nitrogens is 1. The van der Waals surface area contributed by atoms with Crippen molar-refractivity contribution in [1.82, 2.24) is 9.55 Å². The molecule has 1 aliphatic carbocycles. The van der Waals surface area contributed by atoms with E-state index in [4.69, 9.17) is 0 Å². The van der Waals surface area contributed by atoms with Crippen molar-refractivity contribution >= 4 is 11.6 Å². The molecule has 2 atom stereocenters. The van der Waals surface area contributed by atoms with Crippen molar-refractivity contribution in [2.75, 3.05) is 0 Å². The van der Waals surface area contributed by atoms with Crippen LogP contribution in [0.15, 0.2) is 27.8 Å². The monoisotopic (exact) mass is 340 g/mol. The van der Waals surface area contributed by atoms with Gasteiger partial charge in [0.15, 0.2) is 5.78 Å². The fourth-order valence-electron chi connectivity index (χ4n) is 3.37. The largest absolute Gasteiger partial charge is 0.318 e. The summed E-state index contributed by atoms with van der Waals surface area (Å²) in [7, 11) is 0. The molecule has 0 radical (unpaired) electrons. The first-order valence-corrected chi connectivity index (χ1v) is 8.36. The Morgan fingerprint density at radius 2 is 1.76 bits per heavy atom. The summed E-state index contributed by atoms with van der Waals surface area (Å²) in [6.45, 7) is 7.49. The van der Waals surface area contributed by atoms with Crippen LogP contribution in [-0.4, -0.2) is 21.1 Å². The van der Waals surface area contributed by atoms with E-state index in [1.165, 1.54) is 22.8 Å². The van der Waals surface area contributed by atoms with Crippen LogP contribution in [0, 0.1) is 12.8 Å². The predicted molar refractivity (Wildman–Crippen MR) is 93.5 cm³/mol. The van der Waals surface area contributed by atoms with Crippen LogP contribution >= 0.6 is 0 Å². The lowest BCUT2D eigenvalue weighted by Crippen LogP contribution is -2.37. The number of carbonyl (C=O) groups is 2. The molecule has 0 aromatic carbocycles. The van der Waals surface area contributed by atoms with Crippen LogP contribution in [0.25, 0.3) is 0 Å². The number of carbonyl (C=O) groups excluding carboxylic acids is 2. The van der Waals surface area contributed by atoms with Crippen molar-refractivity contribution in [2.45, 2.75) is 40.2 Å². The van der Waals surface area contributed by atoms with Gasteiger partial charge in [0, 0.05) is 18.2 Å². The summed E-state index contributed by atoms with van der Waals surface area (Å²) >= 11 is 0. The van der Waals surface area contributed by atoms with Crippen molar-refractivity contribution in [3.8, 4) is 0 Å². The van der Waals surface area contributed by atoms with Gasteiger partial charge >= 0.3 is 0 Å². The lowest BCUT2D eigenvalue weighted by molar-refractivity contribution is 0.0962. The number of aromatic amines is 1. The molecule has 0 spiro atoms. The third kappa shape index (κ3) is 2.49. The van der Waals surface area contributed by atoms with Crippen LogP contribution in [0.5, 0.6) is 0 Å². The quantitative estimate of drug-likeness (QED) is 0.792. The molecule has 0 saturated carbocycles. The van der Waals surface area contributed by atoms with Crippen molar-refractivity contribution in [1.29, 1.82) is 0 Å². The van der Waals surface area contributed by atoms with Gasteiger partial charge in [0.2, 0.25) is 11.3 Å². The highest BCUT2D eigenvalue weighted by Crippen LogP contribution is 2.29. The number of hydrogen-bond donors (Lipinski definition) is 1. The van der Waals surface area contributed by atoms with Crippen LogP contribution in [0.2, 0.25) is 0 Å². The van der Waals surface area contributed by atoms with Crippen LogP contribution < -0.4 is 11.1 Å². The van der Waals surface area contributed by atoms with Gasteiger partial charge in [-0.05, 0) is 31.4 Å². The molecular formula is C19H20N2O4. The molecule has 2 aromatic heterocycles. The molecule has 0 aliphatic heterocycles. The van der Waals surface area contributed by atoms with E-state index in [-0.39, 0.29) is 45.8 Å². The van der Waals surface area contributed by atoms with E-state index in [0.717, 1.165) is 6.42 Å². The topological polar surface area (TPSA) is 89.0 Å². The summed E-state index contributed by atoms with van der Waals surface area (Å²) in [5, 5.41) is 0. The minimum Gasteiger partial charge on any atom is -0.318 e. The normalized spacial score (nSPS) is 15.5. The van der Waals surface area contributed by atoms with Crippen LogP contribution in [0.3, 0.4) is 0 Å². The van der Waals surface area contributed by atoms with E-state index in [2.05, 4.69) is 4.98 Å². The molecule has 1 aliphatic rings. The van der Waals surface area contributed by atoms with Gasteiger partial charge in [-0.3, -0.25) is 19.2 Å². The van der Waals surface area contributed by atoms with Crippen molar-refractivity contribution < 1.29 is 9.59 Å². The number of nitrogens with zero attached hydrogens (tertiary/aromatic N) is 1. The lowest BCUT2D eigenvalue weighted by atomic mass is 9.86.